The van der Waals surface area contributed by atoms with Crippen molar-refractivity contribution in [3.8, 4) is 11.5 Å². The van der Waals surface area contributed by atoms with Gasteiger partial charge in [0.05, 0.1) is 20.0 Å². The number of benzene rings is 1. The Kier molecular flexibility index (Phi) is 7.32. The third-order valence-corrected chi connectivity index (χ3v) is 4.92. The highest BCUT2D eigenvalue weighted by Crippen LogP contribution is 2.28. The molecular weight excluding hydrogens is 352 g/mol. The van der Waals surface area contributed by atoms with Crippen LogP contribution in [0.2, 0.25) is 0 Å². The summed E-state index contributed by atoms with van der Waals surface area (Å²) in [6.45, 7) is 7.24. The number of amides is 1. The molecule has 2 aromatic rings. The number of hydrogen-bond donors (Lipinski definition) is 0. The highest BCUT2D eigenvalue weighted by atomic mass is 32.2. The van der Waals surface area contributed by atoms with Gasteiger partial charge in [-0.25, -0.2) is 0 Å². The summed E-state index contributed by atoms with van der Waals surface area (Å²) in [6, 6.07) is 5.96. The van der Waals surface area contributed by atoms with Crippen molar-refractivity contribution >= 4 is 17.7 Å². The van der Waals surface area contributed by atoms with Gasteiger partial charge in [0.1, 0.15) is 6.33 Å². The van der Waals surface area contributed by atoms with E-state index < -0.39 is 0 Å². The van der Waals surface area contributed by atoms with Crippen LogP contribution >= 0.6 is 11.8 Å². The minimum absolute atomic E-state index is 0.0607. The summed E-state index contributed by atoms with van der Waals surface area (Å²) in [6.07, 6.45) is 1.69. The smallest absolute Gasteiger partial charge is 0.233 e. The largest absolute Gasteiger partial charge is 0.493 e. The first-order valence-corrected chi connectivity index (χ1v) is 9.49. The molecule has 8 heteroatoms. The number of carbonyl (C=O) groups is 1. The highest BCUT2D eigenvalue weighted by Gasteiger charge is 2.16. The first-order chi connectivity index (χ1) is 12.5. The monoisotopic (exact) mass is 378 g/mol. The number of thioether (sulfide) groups is 1. The lowest BCUT2D eigenvalue weighted by molar-refractivity contribution is -0.128. The van der Waals surface area contributed by atoms with E-state index >= 15 is 0 Å². The number of rotatable bonds is 9. The molecule has 1 aromatic carbocycles. The van der Waals surface area contributed by atoms with Gasteiger partial charge in [-0.15, -0.1) is 10.2 Å². The van der Waals surface area contributed by atoms with Crippen LogP contribution < -0.4 is 9.47 Å². The average Bonchev–Trinajstić information content (AvgIpc) is 3.12. The maximum atomic E-state index is 12.6. The van der Waals surface area contributed by atoms with E-state index in [1.165, 1.54) is 11.8 Å². The normalized spacial score (nSPS) is 10.8. The zero-order valence-electron chi connectivity index (χ0n) is 15.9. The van der Waals surface area contributed by atoms with Crippen LogP contribution in [0.25, 0.3) is 0 Å². The SMILES string of the molecule is CCN(Cc1ccc(OC)c(OC)c1)C(=O)CSc1nncn1C(C)C. The third kappa shape index (κ3) is 4.91. The Balaban J connectivity index is 2.01. The van der Waals surface area contributed by atoms with Crippen LogP contribution in [0.4, 0.5) is 0 Å². The maximum Gasteiger partial charge on any atom is 0.233 e. The predicted octanol–water partition coefficient (Wildman–Crippen LogP) is 3.02. The van der Waals surface area contributed by atoms with Crippen molar-refractivity contribution in [2.24, 2.45) is 0 Å². The molecule has 0 saturated heterocycles. The molecule has 0 spiro atoms. The van der Waals surface area contributed by atoms with Gasteiger partial charge in [-0.3, -0.25) is 4.79 Å². The number of methoxy groups -OCH3 is 2. The Hall–Kier alpha value is -2.22. The van der Waals surface area contributed by atoms with Crippen molar-refractivity contribution in [1.29, 1.82) is 0 Å². The second-order valence-electron chi connectivity index (χ2n) is 6.00. The quantitative estimate of drug-likeness (QED) is 0.625. The van der Waals surface area contributed by atoms with Crippen LogP contribution in [0.1, 0.15) is 32.4 Å². The Morgan fingerprint density at radius 3 is 2.62 bits per heavy atom. The van der Waals surface area contributed by atoms with Gasteiger partial charge in [-0.1, -0.05) is 17.8 Å². The lowest BCUT2D eigenvalue weighted by atomic mass is 10.2. The molecular formula is C18H26N4O3S. The number of nitrogens with zero attached hydrogens (tertiary/aromatic N) is 4. The van der Waals surface area contributed by atoms with Crippen LogP contribution in [0.15, 0.2) is 29.7 Å². The molecule has 0 atom stereocenters. The minimum Gasteiger partial charge on any atom is -0.493 e. The Morgan fingerprint density at radius 2 is 2.00 bits per heavy atom. The number of ether oxygens (including phenoxy) is 2. The average molecular weight is 378 g/mol. The van der Waals surface area contributed by atoms with Crippen molar-refractivity contribution in [3.05, 3.63) is 30.1 Å². The molecule has 0 unspecified atom stereocenters. The molecule has 0 fully saturated rings. The van der Waals surface area contributed by atoms with Gasteiger partial charge in [-0.05, 0) is 38.5 Å². The molecule has 0 N–H and O–H groups in total. The molecule has 1 amide bonds. The molecule has 1 aromatic heterocycles. The van der Waals surface area contributed by atoms with Gasteiger partial charge in [0.2, 0.25) is 5.91 Å². The summed E-state index contributed by atoms with van der Waals surface area (Å²) in [5, 5.41) is 8.79. The standard InChI is InChI=1S/C18H26N4O3S/c1-6-21(10-14-7-8-15(24-4)16(9-14)25-5)17(23)11-26-18-20-19-12-22(18)13(2)3/h7-9,12-13H,6,10-11H2,1-5H3. The summed E-state index contributed by atoms with van der Waals surface area (Å²) < 4.78 is 12.6. The predicted molar refractivity (Wildman–Crippen MR) is 102 cm³/mol. The fourth-order valence-electron chi connectivity index (χ4n) is 2.48. The fraction of sp³-hybridized carbons (Fsp3) is 0.500. The zero-order chi connectivity index (χ0) is 19.1. The van der Waals surface area contributed by atoms with E-state index in [0.717, 1.165) is 10.7 Å². The Labute approximate surface area is 158 Å². The zero-order valence-corrected chi connectivity index (χ0v) is 16.7. The summed E-state index contributed by atoms with van der Waals surface area (Å²) >= 11 is 1.41. The molecule has 0 aliphatic carbocycles. The van der Waals surface area contributed by atoms with Crippen molar-refractivity contribution in [2.75, 3.05) is 26.5 Å². The molecule has 7 nitrogen and oxygen atoms in total. The van der Waals surface area contributed by atoms with E-state index in [0.29, 0.717) is 30.3 Å². The van der Waals surface area contributed by atoms with Gasteiger partial charge in [0, 0.05) is 19.1 Å². The number of hydrogen-bond acceptors (Lipinski definition) is 6. The van der Waals surface area contributed by atoms with Crippen LogP contribution in [0, 0.1) is 0 Å². The van der Waals surface area contributed by atoms with Crippen molar-refractivity contribution in [3.63, 3.8) is 0 Å². The molecule has 142 valence electrons. The van der Waals surface area contributed by atoms with Crippen molar-refractivity contribution in [1.82, 2.24) is 19.7 Å². The van der Waals surface area contributed by atoms with Crippen LogP contribution in [-0.4, -0.2) is 52.1 Å². The molecule has 0 bridgehead atoms. The Morgan fingerprint density at radius 1 is 1.27 bits per heavy atom. The summed E-state index contributed by atoms with van der Waals surface area (Å²) in [5.74, 6) is 1.72. The lowest BCUT2D eigenvalue weighted by Gasteiger charge is -2.21. The molecule has 0 radical (unpaired) electrons. The molecule has 2 rings (SSSR count). The lowest BCUT2D eigenvalue weighted by Crippen LogP contribution is -2.31. The van der Waals surface area contributed by atoms with Gasteiger partial charge in [0.25, 0.3) is 0 Å². The summed E-state index contributed by atoms with van der Waals surface area (Å²) in [4.78, 5) is 14.4. The minimum atomic E-state index is 0.0607. The Bertz CT molecular complexity index is 733. The van der Waals surface area contributed by atoms with Crippen molar-refractivity contribution < 1.29 is 14.3 Å². The van der Waals surface area contributed by atoms with Gasteiger partial charge in [0.15, 0.2) is 16.7 Å². The molecule has 26 heavy (non-hydrogen) atoms. The van der Waals surface area contributed by atoms with E-state index in [4.69, 9.17) is 9.47 Å². The first-order valence-electron chi connectivity index (χ1n) is 8.51. The van der Waals surface area contributed by atoms with Crippen LogP contribution in [0.3, 0.4) is 0 Å². The van der Waals surface area contributed by atoms with Gasteiger partial charge in [-0.2, -0.15) is 0 Å². The number of carbonyl (C=O) groups excluding carboxylic acids is 1. The van der Waals surface area contributed by atoms with Crippen LogP contribution in [0.5, 0.6) is 11.5 Å². The van der Waals surface area contributed by atoms with Crippen molar-refractivity contribution in [2.45, 2.75) is 38.5 Å². The first kappa shape index (κ1) is 20.1. The molecule has 0 aliphatic rings. The van der Waals surface area contributed by atoms with E-state index in [1.54, 1.807) is 20.5 Å². The van der Waals surface area contributed by atoms with Crippen LogP contribution in [-0.2, 0) is 11.3 Å². The molecule has 1 heterocycles. The van der Waals surface area contributed by atoms with Gasteiger partial charge < -0.3 is 18.9 Å². The number of aromatic nitrogens is 3. The van der Waals surface area contributed by atoms with Gasteiger partial charge >= 0.3 is 0 Å². The second kappa shape index (κ2) is 9.47. The highest BCUT2D eigenvalue weighted by molar-refractivity contribution is 7.99. The summed E-state index contributed by atoms with van der Waals surface area (Å²) in [5.41, 5.74) is 0.994. The van der Waals surface area contributed by atoms with E-state index in [1.807, 2.05) is 34.6 Å². The van der Waals surface area contributed by atoms with E-state index in [9.17, 15) is 4.79 Å². The molecule has 0 aliphatic heterocycles. The summed E-state index contributed by atoms with van der Waals surface area (Å²) in [7, 11) is 3.21. The maximum absolute atomic E-state index is 12.6. The van der Waals surface area contributed by atoms with E-state index in [-0.39, 0.29) is 11.9 Å². The third-order valence-electron chi connectivity index (χ3n) is 3.98. The second-order valence-corrected chi connectivity index (χ2v) is 6.94. The van der Waals surface area contributed by atoms with E-state index in [2.05, 4.69) is 24.0 Å². The fourth-order valence-corrected chi connectivity index (χ4v) is 3.43. The topological polar surface area (TPSA) is 69.5 Å². The molecule has 0 saturated carbocycles.